The van der Waals surface area contributed by atoms with Crippen LogP contribution in [-0.2, 0) is 19.4 Å². The van der Waals surface area contributed by atoms with Crippen molar-refractivity contribution in [3.05, 3.63) is 150 Å². The zero-order chi connectivity index (χ0) is 24.0. The first-order chi connectivity index (χ1) is 17.2. The van der Waals surface area contributed by atoms with Crippen LogP contribution in [0.3, 0.4) is 0 Å². The fourth-order valence-corrected chi connectivity index (χ4v) is 5.96. The third-order valence-electron chi connectivity index (χ3n) is 5.97. The van der Waals surface area contributed by atoms with Crippen molar-refractivity contribution in [2.75, 3.05) is 12.8 Å². The van der Waals surface area contributed by atoms with Gasteiger partial charge in [0.15, 0.2) is 0 Å². The molecule has 5 rings (SSSR count). The predicted molar refractivity (Wildman–Crippen MR) is 139 cm³/mol. The summed E-state index contributed by atoms with van der Waals surface area (Å²) in [5.41, 5.74) is 2.13. The summed E-state index contributed by atoms with van der Waals surface area (Å²) in [6.07, 6.45) is 3.46. The van der Waals surface area contributed by atoms with Crippen LogP contribution in [0.1, 0.15) is 16.7 Å². The zero-order valence-corrected chi connectivity index (χ0v) is 20.2. The first-order valence-corrected chi connectivity index (χ1v) is 13.4. The van der Waals surface area contributed by atoms with Crippen LogP contribution >= 0.6 is 7.60 Å². The van der Waals surface area contributed by atoms with E-state index in [0.29, 0.717) is 5.75 Å². The Morgan fingerprint density at radius 3 is 1.66 bits per heavy atom. The molecule has 2 atom stereocenters. The number of rotatable bonds is 8. The molecule has 1 heterocycles. The molecule has 2 unspecified atom stereocenters. The van der Waals surface area contributed by atoms with E-state index in [2.05, 4.69) is 36.4 Å². The lowest BCUT2D eigenvalue weighted by Gasteiger charge is -2.37. The first-order valence-electron chi connectivity index (χ1n) is 11.7. The van der Waals surface area contributed by atoms with E-state index in [0.717, 1.165) is 16.7 Å². The van der Waals surface area contributed by atoms with Gasteiger partial charge in [-0.2, -0.15) is 0 Å². The highest BCUT2D eigenvalue weighted by Crippen LogP contribution is 2.52. The molecule has 0 aliphatic carbocycles. The maximum atomic E-state index is 13.4. The van der Waals surface area contributed by atoms with Crippen molar-refractivity contribution in [1.29, 1.82) is 0 Å². The summed E-state index contributed by atoms with van der Waals surface area (Å²) in [6, 6.07) is 39.6. The molecular formula is C30H27O4P. The normalized spacial score (nSPS) is 19.8. The van der Waals surface area contributed by atoms with E-state index in [1.807, 2.05) is 84.9 Å². The van der Waals surface area contributed by atoms with Gasteiger partial charge >= 0.3 is 7.60 Å². The lowest BCUT2D eigenvalue weighted by Crippen LogP contribution is -2.36. The first kappa shape index (κ1) is 23.3. The maximum absolute atomic E-state index is 13.4. The van der Waals surface area contributed by atoms with Gasteiger partial charge in [-0.3, -0.25) is 4.52 Å². The molecule has 1 aliphatic rings. The summed E-state index contributed by atoms with van der Waals surface area (Å²) < 4.78 is 32.0. The molecule has 0 amide bonds. The van der Waals surface area contributed by atoms with Crippen molar-refractivity contribution in [1.82, 2.24) is 0 Å². The standard InChI is InChI=1S/C30H27O4P/c31-35(33-28-20-11-4-12-21-28)23-13-22-29(34-35)24-32-30(25-14-5-1-6-15-25,26-16-7-2-8-17-26)27-18-9-3-10-19-27/h1-22,29H,23-24H2. The Bertz CT molecular complexity index is 1190. The highest BCUT2D eigenvalue weighted by molar-refractivity contribution is 7.54. The molecule has 1 aliphatic heterocycles. The van der Waals surface area contributed by atoms with Gasteiger partial charge in [0.05, 0.1) is 12.8 Å². The van der Waals surface area contributed by atoms with Crippen molar-refractivity contribution in [2.45, 2.75) is 11.7 Å². The number of para-hydroxylation sites is 1. The van der Waals surface area contributed by atoms with Gasteiger partial charge in [0.1, 0.15) is 17.5 Å². The number of hydrogen-bond donors (Lipinski definition) is 0. The van der Waals surface area contributed by atoms with Crippen LogP contribution in [0.25, 0.3) is 0 Å². The van der Waals surface area contributed by atoms with E-state index in [9.17, 15) is 4.57 Å². The largest absolute Gasteiger partial charge is 0.424 e. The number of ether oxygens (including phenoxy) is 1. The van der Waals surface area contributed by atoms with Gasteiger partial charge in [0.2, 0.25) is 0 Å². The van der Waals surface area contributed by atoms with E-state index >= 15 is 0 Å². The molecule has 35 heavy (non-hydrogen) atoms. The van der Waals surface area contributed by atoms with Gasteiger partial charge in [-0.15, -0.1) is 0 Å². The van der Waals surface area contributed by atoms with Crippen molar-refractivity contribution in [2.24, 2.45) is 0 Å². The Balaban J connectivity index is 1.47. The highest BCUT2D eigenvalue weighted by atomic mass is 31.2. The minimum atomic E-state index is -3.36. The third kappa shape index (κ3) is 5.16. The minimum Gasteiger partial charge on any atom is -0.424 e. The van der Waals surface area contributed by atoms with Crippen LogP contribution in [0.4, 0.5) is 0 Å². The Hall–Kier alpha value is -3.43. The van der Waals surface area contributed by atoms with Gasteiger partial charge < -0.3 is 9.26 Å². The van der Waals surface area contributed by atoms with Crippen LogP contribution in [0.5, 0.6) is 5.75 Å². The second kappa shape index (κ2) is 10.5. The molecular weight excluding hydrogens is 455 g/mol. The third-order valence-corrected chi connectivity index (χ3v) is 7.71. The average molecular weight is 483 g/mol. The van der Waals surface area contributed by atoms with Crippen LogP contribution in [0, 0.1) is 0 Å². The molecule has 4 aromatic carbocycles. The van der Waals surface area contributed by atoms with E-state index in [-0.39, 0.29) is 12.8 Å². The van der Waals surface area contributed by atoms with Gasteiger partial charge in [-0.25, -0.2) is 4.57 Å². The second-order valence-corrected chi connectivity index (χ2v) is 10.3. The van der Waals surface area contributed by atoms with E-state index < -0.39 is 19.3 Å². The molecule has 0 saturated carbocycles. The number of allylic oxidation sites excluding steroid dienone is 1. The summed E-state index contributed by atoms with van der Waals surface area (Å²) in [4.78, 5) is 0. The van der Waals surface area contributed by atoms with Crippen LogP contribution in [0.2, 0.25) is 0 Å². The smallest absolute Gasteiger partial charge is 0.383 e. The summed E-state index contributed by atoms with van der Waals surface area (Å²) in [5.74, 6) is 0.526. The maximum Gasteiger partial charge on any atom is 0.383 e. The van der Waals surface area contributed by atoms with Crippen LogP contribution < -0.4 is 4.52 Å². The molecule has 0 radical (unpaired) electrons. The SMILES string of the molecule is O=P1(Oc2ccccc2)CC=CC(COC(c2ccccc2)(c2ccccc2)c2ccccc2)O1. The second-order valence-electron chi connectivity index (χ2n) is 8.36. The van der Waals surface area contributed by atoms with Crippen molar-refractivity contribution < 1.29 is 18.3 Å². The van der Waals surface area contributed by atoms with E-state index in [1.165, 1.54) is 0 Å². The summed E-state index contributed by atoms with van der Waals surface area (Å²) in [5, 5.41) is 0. The van der Waals surface area contributed by atoms with Crippen molar-refractivity contribution >= 4 is 7.60 Å². The predicted octanol–water partition coefficient (Wildman–Crippen LogP) is 7.22. The topological polar surface area (TPSA) is 44.8 Å². The summed E-state index contributed by atoms with van der Waals surface area (Å²) >= 11 is 0. The Morgan fingerprint density at radius 1 is 0.714 bits per heavy atom. The van der Waals surface area contributed by atoms with Gasteiger partial charge in [-0.1, -0.05) is 121 Å². The van der Waals surface area contributed by atoms with Crippen molar-refractivity contribution in [3.8, 4) is 5.75 Å². The van der Waals surface area contributed by atoms with Crippen molar-refractivity contribution in [3.63, 3.8) is 0 Å². The number of hydrogen-bond acceptors (Lipinski definition) is 4. The van der Waals surface area contributed by atoms with E-state index in [1.54, 1.807) is 12.1 Å². The summed E-state index contributed by atoms with van der Waals surface area (Å²) in [7, 11) is -3.36. The quantitative estimate of drug-likeness (QED) is 0.151. The van der Waals surface area contributed by atoms with Crippen LogP contribution in [-0.4, -0.2) is 18.9 Å². The van der Waals surface area contributed by atoms with Gasteiger partial charge in [-0.05, 0) is 28.8 Å². The molecule has 0 saturated heterocycles. The lowest BCUT2D eigenvalue weighted by atomic mass is 9.80. The highest BCUT2D eigenvalue weighted by Gasteiger charge is 2.39. The molecule has 176 valence electrons. The fourth-order valence-electron chi connectivity index (χ4n) is 4.39. The lowest BCUT2D eigenvalue weighted by molar-refractivity contribution is -0.0211. The Kier molecular flexibility index (Phi) is 6.96. The molecule has 0 aromatic heterocycles. The number of benzene rings is 4. The zero-order valence-electron chi connectivity index (χ0n) is 19.3. The minimum absolute atomic E-state index is 0.192. The van der Waals surface area contributed by atoms with Crippen LogP contribution in [0.15, 0.2) is 133 Å². The van der Waals surface area contributed by atoms with Gasteiger partial charge in [0, 0.05) is 0 Å². The summed E-state index contributed by atoms with van der Waals surface area (Å²) in [6.45, 7) is 0.192. The molecule has 5 heteroatoms. The Labute approximate surface area is 206 Å². The Morgan fingerprint density at radius 2 is 1.17 bits per heavy atom. The molecule has 0 bridgehead atoms. The molecule has 0 fully saturated rings. The monoisotopic (exact) mass is 482 g/mol. The molecule has 4 nitrogen and oxygen atoms in total. The van der Waals surface area contributed by atoms with Gasteiger partial charge in [0.25, 0.3) is 0 Å². The molecule has 4 aromatic rings. The average Bonchev–Trinajstić information content (AvgIpc) is 2.91. The fraction of sp³-hybridized carbons (Fsp3) is 0.133. The van der Waals surface area contributed by atoms with E-state index in [4.69, 9.17) is 13.8 Å². The molecule has 0 spiro atoms. The molecule has 0 N–H and O–H groups in total.